The summed E-state index contributed by atoms with van der Waals surface area (Å²) in [6.45, 7) is -0.546. The van der Waals surface area contributed by atoms with Crippen molar-refractivity contribution in [2.24, 2.45) is 5.14 Å². The number of sulfonamides is 1. The minimum Gasteiger partial charge on any atom is -0.341 e. The zero-order chi connectivity index (χ0) is 16.4. The summed E-state index contributed by atoms with van der Waals surface area (Å²) in [5.41, 5.74) is -0.118. The van der Waals surface area contributed by atoms with Gasteiger partial charge in [0.2, 0.25) is 10.0 Å². The number of nitrogens with two attached hydrogens (primary N) is 1. The topological polar surface area (TPSA) is 80.5 Å². The van der Waals surface area contributed by atoms with E-state index in [9.17, 15) is 26.4 Å². The summed E-state index contributed by atoms with van der Waals surface area (Å²) >= 11 is 5.65. The molecule has 0 spiro atoms. The van der Waals surface area contributed by atoms with E-state index >= 15 is 0 Å². The second kappa shape index (κ2) is 6.20. The number of carbonyl (C=O) groups is 1. The maximum absolute atomic E-state index is 12.1. The maximum atomic E-state index is 12.1. The van der Waals surface area contributed by atoms with Crippen molar-refractivity contribution in [2.75, 3.05) is 13.6 Å². The lowest BCUT2D eigenvalue weighted by Crippen LogP contribution is -2.30. The van der Waals surface area contributed by atoms with Crippen molar-refractivity contribution >= 4 is 27.5 Å². The zero-order valence-electron chi connectivity index (χ0n) is 10.8. The highest BCUT2D eigenvalue weighted by atomic mass is 35.5. The summed E-state index contributed by atoms with van der Waals surface area (Å²) in [6.07, 6.45) is -5.55. The van der Waals surface area contributed by atoms with Gasteiger partial charge in [-0.3, -0.25) is 4.79 Å². The number of rotatable bonds is 4. The molecule has 0 fully saturated rings. The molecule has 0 aliphatic heterocycles. The molecule has 0 unspecified atom stereocenters. The molecule has 0 radical (unpaired) electrons. The van der Waals surface area contributed by atoms with Crippen LogP contribution in [0.1, 0.15) is 16.8 Å². The molecule has 0 aliphatic rings. The smallest absolute Gasteiger partial charge is 0.341 e. The summed E-state index contributed by atoms with van der Waals surface area (Å²) in [5.74, 6) is -0.763. The highest BCUT2D eigenvalue weighted by Crippen LogP contribution is 2.23. The normalized spacial score (nSPS) is 12.3. The second-order valence-corrected chi connectivity index (χ2v) is 6.22. The van der Waals surface area contributed by atoms with Gasteiger partial charge in [-0.2, -0.15) is 13.2 Å². The second-order valence-electron chi connectivity index (χ2n) is 4.28. The van der Waals surface area contributed by atoms with Crippen molar-refractivity contribution in [2.45, 2.75) is 17.5 Å². The maximum Gasteiger partial charge on any atom is 0.390 e. The Kier molecular flexibility index (Phi) is 5.24. The molecule has 0 aliphatic carbocycles. The lowest BCUT2D eigenvalue weighted by Gasteiger charge is -2.18. The summed E-state index contributed by atoms with van der Waals surface area (Å²) in [6, 6.07) is 3.29. The number of nitrogens with zero attached hydrogens (tertiary/aromatic N) is 1. The summed E-state index contributed by atoms with van der Waals surface area (Å²) < 4.78 is 58.9. The van der Waals surface area contributed by atoms with Crippen molar-refractivity contribution in [3.63, 3.8) is 0 Å². The monoisotopic (exact) mass is 344 g/mol. The first-order valence-corrected chi connectivity index (χ1v) is 7.49. The van der Waals surface area contributed by atoms with Gasteiger partial charge in [-0.15, -0.1) is 0 Å². The van der Waals surface area contributed by atoms with Gasteiger partial charge in [-0.1, -0.05) is 11.6 Å². The number of halogens is 4. The van der Waals surface area contributed by atoms with E-state index in [1.807, 2.05) is 0 Å². The van der Waals surface area contributed by atoms with Crippen molar-refractivity contribution < 1.29 is 26.4 Å². The average molecular weight is 345 g/mol. The van der Waals surface area contributed by atoms with Crippen LogP contribution >= 0.6 is 11.6 Å². The van der Waals surface area contributed by atoms with Crippen LogP contribution in [0.4, 0.5) is 13.2 Å². The Labute approximate surface area is 124 Å². The number of alkyl halides is 3. The average Bonchev–Trinajstić information content (AvgIpc) is 2.33. The van der Waals surface area contributed by atoms with Gasteiger partial charge in [-0.05, 0) is 18.2 Å². The van der Waals surface area contributed by atoms with Gasteiger partial charge >= 0.3 is 6.18 Å². The quantitative estimate of drug-likeness (QED) is 0.907. The third-order valence-corrected chi connectivity index (χ3v) is 3.95. The molecule has 0 heterocycles. The van der Waals surface area contributed by atoms with Crippen LogP contribution in [0.25, 0.3) is 0 Å². The zero-order valence-corrected chi connectivity index (χ0v) is 12.4. The van der Waals surface area contributed by atoms with Crippen LogP contribution < -0.4 is 5.14 Å². The van der Waals surface area contributed by atoms with E-state index in [0.29, 0.717) is 0 Å². The van der Waals surface area contributed by atoms with E-state index in [4.69, 9.17) is 16.7 Å². The molecule has 0 atom stereocenters. The fraction of sp³-hybridized carbons (Fsp3) is 0.364. The fourth-order valence-electron chi connectivity index (χ4n) is 1.47. The Morgan fingerprint density at radius 2 is 1.95 bits per heavy atom. The van der Waals surface area contributed by atoms with Crippen molar-refractivity contribution in [1.29, 1.82) is 0 Å². The van der Waals surface area contributed by atoms with E-state index in [1.165, 1.54) is 13.1 Å². The summed E-state index contributed by atoms with van der Waals surface area (Å²) in [4.78, 5) is 12.3. The fourth-order valence-corrected chi connectivity index (χ4v) is 2.54. The number of benzene rings is 1. The Morgan fingerprint density at radius 1 is 1.38 bits per heavy atom. The van der Waals surface area contributed by atoms with E-state index in [0.717, 1.165) is 17.0 Å². The predicted molar refractivity (Wildman–Crippen MR) is 70.5 cm³/mol. The lowest BCUT2D eigenvalue weighted by atomic mass is 10.2. The summed E-state index contributed by atoms with van der Waals surface area (Å²) in [7, 11) is -2.95. The third-order valence-electron chi connectivity index (χ3n) is 2.56. The van der Waals surface area contributed by atoms with E-state index < -0.39 is 40.0 Å². The number of hydrogen-bond donors (Lipinski definition) is 1. The van der Waals surface area contributed by atoms with Crippen LogP contribution in [-0.2, 0) is 10.0 Å². The summed E-state index contributed by atoms with van der Waals surface area (Å²) in [5, 5.41) is 4.76. The molecule has 21 heavy (non-hydrogen) atoms. The minimum absolute atomic E-state index is 0.118. The molecule has 10 heteroatoms. The Hall–Kier alpha value is -1.32. The first-order chi connectivity index (χ1) is 9.42. The molecule has 0 bridgehead atoms. The van der Waals surface area contributed by atoms with Crippen LogP contribution in [0.3, 0.4) is 0 Å². The molecule has 1 aromatic carbocycles. The molecular formula is C11H12ClF3N2O3S. The molecular weight excluding hydrogens is 333 g/mol. The van der Waals surface area contributed by atoms with Crippen LogP contribution in [0.5, 0.6) is 0 Å². The van der Waals surface area contributed by atoms with Crippen molar-refractivity contribution in [3.8, 4) is 0 Å². The van der Waals surface area contributed by atoms with Gasteiger partial charge < -0.3 is 4.90 Å². The molecule has 1 rings (SSSR count). The van der Waals surface area contributed by atoms with Crippen LogP contribution in [-0.4, -0.2) is 39.0 Å². The Balaban J connectivity index is 2.98. The van der Waals surface area contributed by atoms with E-state index in [-0.39, 0.29) is 10.6 Å². The van der Waals surface area contributed by atoms with Crippen LogP contribution in [0.15, 0.2) is 23.1 Å². The molecule has 2 N–H and O–H groups in total. The third kappa shape index (κ3) is 5.18. The van der Waals surface area contributed by atoms with E-state index in [2.05, 4.69) is 0 Å². The molecule has 0 saturated carbocycles. The number of carbonyl (C=O) groups excluding carboxylic acids is 1. The Bertz CT molecular complexity index is 647. The Morgan fingerprint density at radius 3 is 2.43 bits per heavy atom. The highest BCUT2D eigenvalue weighted by molar-refractivity contribution is 7.89. The highest BCUT2D eigenvalue weighted by Gasteiger charge is 2.28. The molecule has 0 aromatic heterocycles. The standard InChI is InChI=1S/C11H12ClF3N2O3S/c1-17(5-4-11(13,14)15)10(18)7-2-3-8(12)9(6-7)21(16,19)20/h2-3,6H,4-5H2,1H3,(H2,16,19,20). The SMILES string of the molecule is CN(CCC(F)(F)F)C(=O)c1ccc(Cl)c(S(N)(=O)=O)c1. The predicted octanol–water partition coefficient (Wildman–Crippen LogP) is 2.01. The van der Waals surface area contributed by atoms with Gasteiger partial charge in [0.1, 0.15) is 4.90 Å². The van der Waals surface area contributed by atoms with Gasteiger partial charge in [0, 0.05) is 19.2 Å². The van der Waals surface area contributed by atoms with Gasteiger partial charge in [0.05, 0.1) is 11.4 Å². The van der Waals surface area contributed by atoms with Crippen LogP contribution in [0.2, 0.25) is 5.02 Å². The molecule has 1 aromatic rings. The van der Waals surface area contributed by atoms with Crippen molar-refractivity contribution in [1.82, 2.24) is 4.90 Å². The lowest BCUT2D eigenvalue weighted by molar-refractivity contribution is -0.136. The molecule has 118 valence electrons. The van der Waals surface area contributed by atoms with Gasteiger partial charge in [0.15, 0.2) is 0 Å². The number of amides is 1. The molecule has 1 amide bonds. The number of hydrogen-bond acceptors (Lipinski definition) is 3. The number of primary sulfonamides is 1. The molecule has 5 nitrogen and oxygen atoms in total. The van der Waals surface area contributed by atoms with Crippen molar-refractivity contribution in [3.05, 3.63) is 28.8 Å². The van der Waals surface area contributed by atoms with E-state index in [1.54, 1.807) is 0 Å². The van der Waals surface area contributed by atoms with Gasteiger partial charge in [0.25, 0.3) is 5.91 Å². The minimum atomic E-state index is -4.39. The van der Waals surface area contributed by atoms with Gasteiger partial charge in [-0.25, -0.2) is 13.6 Å². The largest absolute Gasteiger partial charge is 0.390 e. The van der Waals surface area contributed by atoms with Crippen LogP contribution in [0, 0.1) is 0 Å². The molecule has 0 saturated heterocycles. The first kappa shape index (κ1) is 17.7. The first-order valence-electron chi connectivity index (χ1n) is 5.56.